The first kappa shape index (κ1) is 15.5. The summed E-state index contributed by atoms with van der Waals surface area (Å²) in [6.45, 7) is 3.32. The Morgan fingerprint density at radius 1 is 1.12 bits per heavy atom. The fourth-order valence-corrected chi connectivity index (χ4v) is 3.04. The quantitative estimate of drug-likeness (QED) is 0.736. The molecule has 126 valence electrons. The van der Waals surface area contributed by atoms with Crippen LogP contribution >= 0.6 is 0 Å². The predicted octanol–water partition coefficient (Wildman–Crippen LogP) is 3.07. The molecule has 0 spiro atoms. The molecule has 1 fully saturated rings. The van der Waals surface area contributed by atoms with Crippen molar-refractivity contribution in [2.45, 2.75) is 19.3 Å². The summed E-state index contributed by atoms with van der Waals surface area (Å²) in [4.78, 5) is 18.3. The van der Waals surface area contributed by atoms with Crippen LogP contribution in [0, 0.1) is 6.92 Å². The fourth-order valence-electron chi connectivity index (χ4n) is 3.04. The minimum Gasteiger partial charge on any atom is -0.420 e. The van der Waals surface area contributed by atoms with Gasteiger partial charge in [0.15, 0.2) is 0 Å². The molecule has 0 bridgehead atoms. The summed E-state index contributed by atoms with van der Waals surface area (Å²) in [6, 6.07) is 11.4. The first-order valence-electron chi connectivity index (χ1n) is 8.30. The third kappa shape index (κ3) is 3.15. The summed E-state index contributed by atoms with van der Waals surface area (Å²) in [7, 11) is 0. The Hall–Kier alpha value is -3.02. The molecule has 0 saturated carbocycles. The number of hydrogen-bond acceptors (Lipinski definition) is 5. The van der Waals surface area contributed by atoms with Crippen molar-refractivity contribution in [3.05, 3.63) is 65.8 Å². The molecule has 6 heteroatoms. The summed E-state index contributed by atoms with van der Waals surface area (Å²) in [5.74, 6) is 1.22. The van der Waals surface area contributed by atoms with Gasteiger partial charge in [-0.3, -0.25) is 9.78 Å². The lowest BCUT2D eigenvalue weighted by Gasteiger charge is -2.15. The van der Waals surface area contributed by atoms with Crippen molar-refractivity contribution < 1.29 is 9.21 Å². The Balaban J connectivity index is 1.47. The zero-order chi connectivity index (χ0) is 17.2. The molecule has 0 N–H and O–H groups in total. The Bertz CT molecular complexity index is 874. The van der Waals surface area contributed by atoms with E-state index in [0.29, 0.717) is 30.4 Å². The minimum absolute atomic E-state index is 0.0168. The van der Waals surface area contributed by atoms with Crippen LogP contribution in [-0.4, -0.2) is 39.1 Å². The highest BCUT2D eigenvalue weighted by Gasteiger charge is 2.31. The van der Waals surface area contributed by atoms with Crippen molar-refractivity contribution >= 4 is 5.91 Å². The van der Waals surface area contributed by atoms with E-state index < -0.39 is 0 Å². The van der Waals surface area contributed by atoms with Gasteiger partial charge in [-0.1, -0.05) is 17.7 Å². The molecule has 1 aliphatic heterocycles. The lowest BCUT2D eigenvalue weighted by atomic mass is 10.1. The van der Waals surface area contributed by atoms with Crippen molar-refractivity contribution in [1.29, 1.82) is 0 Å². The van der Waals surface area contributed by atoms with E-state index in [2.05, 4.69) is 15.2 Å². The van der Waals surface area contributed by atoms with Gasteiger partial charge in [0.05, 0.1) is 5.92 Å². The molecular formula is C19H18N4O2. The van der Waals surface area contributed by atoms with Gasteiger partial charge in [0.25, 0.3) is 5.91 Å². The number of likely N-dealkylation sites (tertiary alicyclic amines) is 1. The van der Waals surface area contributed by atoms with E-state index in [1.54, 1.807) is 24.5 Å². The van der Waals surface area contributed by atoms with Crippen LogP contribution in [0.5, 0.6) is 0 Å². The molecule has 6 nitrogen and oxygen atoms in total. The molecule has 1 saturated heterocycles. The smallest absolute Gasteiger partial charge is 0.253 e. The van der Waals surface area contributed by atoms with Crippen molar-refractivity contribution in [3.63, 3.8) is 0 Å². The summed E-state index contributed by atoms with van der Waals surface area (Å²) in [5.41, 5.74) is 2.75. The number of nitrogens with zero attached hydrogens (tertiary/aromatic N) is 4. The van der Waals surface area contributed by atoms with E-state index in [4.69, 9.17) is 4.42 Å². The second kappa shape index (κ2) is 6.47. The van der Waals surface area contributed by atoms with Crippen LogP contribution < -0.4 is 0 Å². The molecule has 0 unspecified atom stereocenters. The van der Waals surface area contributed by atoms with Gasteiger partial charge >= 0.3 is 0 Å². The zero-order valence-electron chi connectivity index (χ0n) is 13.9. The Morgan fingerprint density at radius 2 is 1.88 bits per heavy atom. The average molecular weight is 334 g/mol. The number of carbonyl (C=O) groups excluding carboxylic acids is 1. The number of hydrogen-bond donors (Lipinski definition) is 0. The maximum atomic E-state index is 12.5. The molecule has 1 atom stereocenters. The maximum Gasteiger partial charge on any atom is 0.253 e. The Labute approximate surface area is 145 Å². The van der Waals surface area contributed by atoms with Crippen LogP contribution in [-0.2, 0) is 0 Å². The highest BCUT2D eigenvalue weighted by atomic mass is 16.4. The van der Waals surface area contributed by atoms with Gasteiger partial charge in [-0.2, -0.15) is 0 Å². The second-order valence-corrected chi connectivity index (χ2v) is 6.28. The first-order valence-corrected chi connectivity index (χ1v) is 8.30. The van der Waals surface area contributed by atoms with Crippen LogP contribution in [0.15, 0.2) is 53.2 Å². The number of carbonyl (C=O) groups is 1. The molecule has 1 amide bonds. The number of rotatable bonds is 3. The fraction of sp³-hybridized carbons (Fsp3) is 0.263. The average Bonchev–Trinajstić information content (AvgIpc) is 3.32. The van der Waals surface area contributed by atoms with E-state index in [1.165, 1.54) is 5.56 Å². The van der Waals surface area contributed by atoms with Crippen LogP contribution in [0.2, 0.25) is 0 Å². The van der Waals surface area contributed by atoms with Gasteiger partial charge in [-0.05, 0) is 37.6 Å². The molecule has 0 radical (unpaired) electrons. The molecule has 0 aliphatic carbocycles. The number of pyridine rings is 1. The molecule has 3 heterocycles. The maximum absolute atomic E-state index is 12.5. The normalized spacial score (nSPS) is 17.0. The minimum atomic E-state index is 0.0168. The van der Waals surface area contributed by atoms with Crippen LogP contribution in [0.1, 0.15) is 34.2 Å². The number of benzene rings is 1. The summed E-state index contributed by atoms with van der Waals surface area (Å²) >= 11 is 0. The molecule has 1 aliphatic rings. The van der Waals surface area contributed by atoms with Crippen molar-refractivity contribution in [2.75, 3.05) is 13.1 Å². The van der Waals surface area contributed by atoms with Crippen LogP contribution in [0.4, 0.5) is 0 Å². The largest absolute Gasteiger partial charge is 0.420 e. The molecule has 3 aromatic rings. The number of amides is 1. The number of aromatic nitrogens is 3. The lowest BCUT2D eigenvalue weighted by Crippen LogP contribution is -2.28. The monoisotopic (exact) mass is 334 g/mol. The molecule has 25 heavy (non-hydrogen) atoms. The third-order valence-corrected chi connectivity index (χ3v) is 4.49. The summed E-state index contributed by atoms with van der Waals surface area (Å²) < 4.78 is 5.86. The van der Waals surface area contributed by atoms with E-state index in [0.717, 1.165) is 12.0 Å². The zero-order valence-corrected chi connectivity index (χ0v) is 13.9. The van der Waals surface area contributed by atoms with E-state index in [9.17, 15) is 4.79 Å². The van der Waals surface area contributed by atoms with Crippen molar-refractivity contribution in [3.8, 4) is 11.5 Å². The van der Waals surface area contributed by atoms with Crippen molar-refractivity contribution in [1.82, 2.24) is 20.1 Å². The van der Waals surface area contributed by atoms with E-state index >= 15 is 0 Å². The number of aryl methyl sites for hydroxylation is 1. The summed E-state index contributed by atoms with van der Waals surface area (Å²) in [5, 5.41) is 8.36. The predicted molar refractivity (Wildman–Crippen MR) is 92.0 cm³/mol. The van der Waals surface area contributed by atoms with Gasteiger partial charge in [-0.25, -0.2) is 0 Å². The van der Waals surface area contributed by atoms with Gasteiger partial charge in [0.1, 0.15) is 0 Å². The molecule has 1 aromatic carbocycles. The lowest BCUT2D eigenvalue weighted by molar-refractivity contribution is 0.0790. The van der Waals surface area contributed by atoms with Gasteiger partial charge < -0.3 is 9.32 Å². The Kier molecular flexibility index (Phi) is 4.01. The first-order chi connectivity index (χ1) is 12.2. The van der Waals surface area contributed by atoms with Gasteiger partial charge in [0.2, 0.25) is 11.8 Å². The highest BCUT2D eigenvalue weighted by Crippen LogP contribution is 2.29. The van der Waals surface area contributed by atoms with Crippen LogP contribution in [0.25, 0.3) is 11.5 Å². The van der Waals surface area contributed by atoms with Gasteiger partial charge in [-0.15, -0.1) is 10.2 Å². The van der Waals surface area contributed by atoms with Crippen LogP contribution in [0.3, 0.4) is 0 Å². The highest BCUT2D eigenvalue weighted by molar-refractivity contribution is 5.94. The van der Waals surface area contributed by atoms with E-state index in [1.807, 2.05) is 36.1 Å². The molecule has 2 aromatic heterocycles. The molecule has 4 rings (SSSR count). The van der Waals surface area contributed by atoms with Gasteiger partial charge in [0, 0.05) is 36.6 Å². The van der Waals surface area contributed by atoms with E-state index in [-0.39, 0.29) is 11.8 Å². The van der Waals surface area contributed by atoms with Crippen molar-refractivity contribution in [2.24, 2.45) is 0 Å². The summed E-state index contributed by atoms with van der Waals surface area (Å²) in [6.07, 6.45) is 4.09. The SMILES string of the molecule is Cc1ccc(-c2nnc([C@H]3CCN(C(=O)c4ccncc4)C3)o2)cc1. The topological polar surface area (TPSA) is 72.1 Å². The Morgan fingerprint density at radius 3 is 2.64 bits per heavy atom. The second-order valence-electron chi connectivity index (χ2n) is 6.28. The standard InChI is InChI=1S/C19H18N4O2/c1-13-2-4-14(5-3-13)17-21-22-18(25-17)16-8-11-23(12-16)19(24)15-6-9-20-10-7-15/h2-7,9-10,16H,8,11-12H2,1H3/t16-/m0/s1. The third-order valence-electron chi connectivity index (χ3n) is 4.49. The molecular weight excluding hydrogens is 316 g/mol.